The van der Waals surface area contributed by atoms with E-state index in [-0.39, 0.29) is 18.2 Å². The molecule has 0 amide bonds. The largest absolute Gasteiger partial charge is 0.385 e. The Morgan fingerprint density at radius 1 is 1.33 bits per heavy atom. The molecule has 15 heavy (non-hydrogen) atoms. The molecule has 0 saturated carbocycles. The van der Waals surface area contributed by atoms with Gasteiger partial charge in [-0.05, 0) is 6.42 Å². The van der Waals surface area contributed by atoms with Gasteiger partial charge in [-0.1, -0.05) is 0 Å². The quantitative estimate of drug-likeness (QED) is 0.687. The third kappa shape index (κ3) is 5.12. The van der Waals surface area contributed by atoms with Crippen molar-refractivity contribution in [1.29, 1.82) is 0 Å². The zero-order valence-corrected chi connectivity index (χ0v) is 10.6. The van der Waals surface area contributed by atoms with Crippen molar-refractivity contribution in [3.05, 3.63) is 0 Å². The Morgan fingerprint density at radius 2 is 1.93 bits per heavy atom. The number of nitrogens with one attached hydrogen (secondary N) is 1. The van der Waals surface area contributed by atoms with Gasteiger partial charge >= 0.3 is 0 Å². The maximum Gasteiger partial charge on any atom is 0.214 e. The molecule has 1 fully saturated rings. The predicted octanol–water partition coefficient (Wildman–Crippen LogP) is -0.320. The van der Waals surface area contributed by atoms with Crippen LogP contribution in [0.1, 0.15) is 6.42 Å². The minimum atomic E-state index is -3.04. The molecule has 92 valence electrons. The number of ether oxygens (including phenoxy) is 1. The molecule has 0 aromatic carbocycles. The monoisotopic (exact) mass is 258 g/mol. The van der Waals surface area contributed by atoms with Gasteiger partial charge in [0, 0.05) is 39.9 Å². The van der Waals surface area contributed by atoms with Crippen LogP contribution in [0.2, 0.25) is 0 Å². The first-order valence-electron chi connectivity index (χ1n) is 4.84. The predicted molar refractivity (Wildman–Crippen MR) is 62.0 cm³/mol. The number of halogens is 1. The van der Waals surface area contributed by atoms with E-state index in [9.17, 15) is 8.42 Å². The lowest BCUT2D eigenvalue weighted by molar-refractivity contribution is 0.199. The van der Waals surface area contributed by atoms with Gasteiger partial charge in [0.1, 0.15) is 0 Å². The van der Waals surface area contributed by atoms with Crippen molar-refractivity contribution in [3.8, 4) is 0 Å². The van der Waals surface area contributed by atoms with Gasteiger partial charge in [-0.15, -0.1) is 12.4 Å². The molecular formula is C8H19ClN2O3S. The minimum Gasteiger partial charge on any atom is -0.385 e. The van der Waals surface area contributed by atoms with Crippen molar-refractivity contribution in [3.63, 3.8) is 0 Å². The summed E-state index contributed by atoms with van der Waals surface area (Å²) in [5.41, 5.74) is 0. The van der Waals surface area contributed by atoms with Crippen LogP contribution >= 0.6 is 12.4 Å². The Labute approximate surface area is 97.6 Å². The second kappa shape index (κ2) is 7.40. The fourth-order valence-corrected chi connectivity index (χ4v) is 2.92. The highest BCUT2D eigenvalue weighted by Crippen LogP contribution is 2.04. The van der Waals surface area contributed by atoms with Crippen LogP contribution in [0.4, 0.5) is 0 Å². The molecule has 0 radical (unpaired) electrons. The highest BCUT2D eigenvalue weighted by molar-refractivity contribution is 7.89. The SMILES string of the molecule is COCCCS(=O)(=O)N1CCNCC1.Cl. The summed E-state index contributed by atoms with van der Waals surface area (Å²) < 4.78 is 29.8. The van der Waals surface area contributed by atoms with Gasteiger partial charge in [0.2, 0.25) is 10.0 Å². The molecule has 1 aliphatic rings. The van der Waals surface area contributed by atoms with Crippen LogP contribution in [0.15, 0.2) is 0 Å². The third-order valence-electron chi connectivity index (χ3n) is 2.22. The molecule has 0 unspecified atom stereocenters. The van der Waals surface area contributed by atoms with Crippen LogP contribution in [0.3, 0.4) is 0 Å². The van der Waals surface area contributed by atoms with Crippen molar-refractivity contribution in [2.24, 2.45) is 0 Å². The average molecular weight is 259 g/mol. The van der Waals surface area contributed by atoms with Crippen LogP contribution in [0, 0.1) is 0 Å². The number of hydrogen-bond donors (Lipinski definition) is 1. The summed E-state index contributed by atoms with van der Waals surface area (Å²) in [6.45, 7) is 3.20. The van der Waals surface area contributed by atoms with Crippen LogP contribution in [-0.2, 0) is 14.8 Å². The zero-order chi connectivity index (χ0) is 10.4. The molecule has 0 spiro atoms. The molecule has 1 rings (SSSR count). The third-order valence-corrected chi connectivity index (χ3v) is 4.18. The molecule has 0 bridgehead atoms. The van der Waals surface area contributed by atoms with Crippen molar-refractivity contribution in [2.75, 3.05) is 45.6 Å². The number of hydrogen-bond acceptors (Lipinski definition) is 4. The fourth-order valence-electron chi connectivity index (χ4n) is 1.44. The number of piperazine rings is 1. The van der Waals surface area contributed by atoms with E-state index < -0.39 is 10.0 Å². The molecule has 0 aliphatic carbocycles. The molecule has 7 heteroatoms. The van der Waals surface area contributed by atoms with Crippen molar-refractivity contribution in [1.82, 2.24) is 9.62 Å². The molecule has 0 atom stereocenters. The number of rotatable bonds is 5. The van der Waals surface area contributed by atoms with E-state index in [0.29, 0.717) is 26.1 Å². The Kier molecular flexibility index (Phi) is 7.46. The Hall–Kier alpha value is 0.120. The van der Waals surface area contributed by atoms with Gasteiger partial charge in [-0.3, -0.25) is 0 Å². The number of nitrogens with zero attached hydrogens (tertiary/aromatic N) is 1. The minimum absolute atomic E-state index is 0. The Morgan fingerprint density at radius 3 is 2.47 bits per heavy atom. The Balaban J connectivity index is 0.00000196. The standard InChI is InChI=1S/C8H18N2O3S.ClH/c1-13-7-2-8-14(11,12)10-5-3-9-4-6-10;/h9H,2-8H2,1H3;1H. The first-order chi connectivity index (χ1) is 6.67. The molecule has 1 heterocycles. The molecular weight excluding hydrogens is 240 g/mol. The number of methoxy groups -OCH3 is 1. The van der Waals surface area contributed by atoms with Crippen LogP contribution in [0.5, 0.6) is 0 Å². The molecule has 0 aromatic rings. The Bertz CT molecular complexity index is 253. The molecule has 5 nitrogen and oxygen atoms in total. The van der Waals surface area contributed by atoms with Crippen LogP contribution < -0.4 is 5.32 Å². The van der Waals surface area contributed by atoms with Crippen molar-refractivity contribution < 1.29 is 13.2 Å². The van der Waals surface area contributed by atoms with E-state index in [4.69, 9.17) is 4.74 Å². The summed E-state index contributed by atoms with van der Waals surface area (Å²) in [5.74, 6) is 0.195. The average Bonchev–Trinajstić information content (AvgIpc) is 2.19. The lowest BCUT2D eigenvalue weighted by Gasteiger charge is -2.26. The summed E-state index contributed by atoms with van der Waals surface area (Å²) in [7, 11) is -1.46. The van der Waals surface area contributed by atoms with Gasteiger partial charge in [-0.25, -0.2) is 8.42 Å². The van der Waals surface area contributed by atoms with Gasteiger partial charge in [0.25, 0.3) is 0 Å². The molecule has 1 N–H and O–H groups in total. The smallest absolute Gasteiger partial charge is 0.214 e. The van der Waals surface area contributed by atoms with Crippen molar-refractivity contribution >= 4 is 22.4 Å². The second-order valence-electron chi connectivity index (χ2n) is 3.31. The highest BCUT2D eigenvalue weighted by Gasteiger charge is 2.22. The topological polar surface area (TPSA) is 58.6 Å². The highest BCUT2D eigenvalue weighted by atomic mass is 35.5. The van der Waals surface area contributed by atoms with Gasteiger partial charge in [-0.2, -0.15) is 4.31 Å². The zero-order valence-electron chi connectivity index (χ0n) is 8.94. The van der Waals surface area contributed by atoms with Gasteiger partial charge in [0.05, 0.1) is 5.75 Å². The maximum atomic E-state index is 11.7. The van der Waals surface area contributed by atoms with E-state index in [2.05, 4.69) is 5.32 Å². The lowest BCUT2D eigenvalue weighted by Crippen LogP contribution is -2.47. The van der Waals surface area contributed by atoms with Gasteiger partial charge in [0.15, 0.2) is 0 Å². The summed E-state index contributed by atoms with van der Waals surface area (Å²) in [5, 5.41) is 3.12. The first kappa shape index (κ1) is 15.1. The first-order valence-corrected chi connectivity index (χ1v) is 6.45. The molecule has 1 saturated heterocycles. The maximum absolute atomic E-state index is 11.7. The van der Waals surface area contributed by atoms with Crippen molar-refractivity contribution in [2.45, 2.75) is 6.42 Å². The van der Waals surface area contributed by atoms with E-state index >= 15 is 0 Å². The summed E-state index contributed by atoms with van der Waals surface area (Å²) in [6.07, 6.45) is 0.572. The molecule has 0 aromatic heterocycles. The summed E-state index contributed by atoms with van der Waals surface area (Å²) in [6, 6.07) is 0. The van der Waals surface area contributed by atoms with Crippen LogP contribution in [-0.4, -0.2) is 58.4 Å². The summed E-state index contributed by atoms with van der Waals surface area (Å²) in [4.78, 5) is 0. The number of sulfonamides is 1. The second-order valence-corrected chi connectivity index (χ2v) is 5.40. The summed E-state index contributed by atoms with van der Waals surface area (Å²) >= 11 is 0. The van der Waals surface area contributed by atoms with E-state index in [1.165, 1.54) is 0 Å². The van der Waals surface area contributed by atoms with E-state index in [0.717, 1.165) is 13.1 Å². The van der Waals surface area contributed by atoms with Crippen LogP contribution in [0.25, 0.3) is 0 Å². The van der Waals surface area contributed by atoms with Gasteiger partial charge < -0.3 is 10.1 Å². The normalized spacial score (nSPS) is 18.5. The van der Waals surface area contributed by atoms with E-state index in [1.54, 1.807) is 11.4 Å². The lowest BCUT2D eigenvalue weighted by atomic mass is 10.4. The fraction of sp³-hybridized carbons (Fsp3) is 1.00. The van der Waals surface area contributed by atoms with E-state index in [1.807, 2.05) is 0 Å². The molecule has 1 aliphatic heterocycles.